The van der Waals surface area contributed by atoms with Crippen molar-refractivity contribution in [2.45, 2.75) is 18.9 Å². The van der Waals surface area contributed by atoms with Gasteiger partial charge in [-0.25, -0.2) is 9.78 Å². The Morgan fingerprint density at radius 3 is 2.74 bits per heavy atom. The second kappa shape index (κ2) is 4.65. The van der Waals surface area contributed by atoms with Crippen molar-refractivity contribution in [1.82, 2.24) is 20.2 Å². The predicted octanol–water partition coefficient (Wildman–Crippen LogP) is -0.0681. The van der Waals surface area contributed by atoms with Gasteiger partial charge in [-0.1, -0.05) is 0 Å². The van der Waals surface area contributed by atoms with Gasteiger partial charge in [-0.3, -0.25) is 4.79 Å². The van der Waals surface area contributed by atoms with Crippen LogP contribution in [0.1, 0.15) is 33.8 Å². The van der Waals surface area contributed by atoms with Gasteiger partial charge in [-0.15, -0.1) is 0 Å². The van der Waals surface area contributed by atoms with Crippen LogP contribution < -0.4 is 5.32 Å². The van der Waals surface area contributed by atoms with E-state index >= 15 is 0 Å². The number of carboxylic acid groups (broad SMARTS) is 1. The Balaban J connectivity index is 1.71. The van der Waals surface area contributed by atoms with Gasteiger partial charge in [0.1, 0.15) is 0 Å². The lowest BCUT2D eigenvalue weighted by Crippen LogP contribution is -2.57. The summed E-state index contributed by atoms with van der Waals surface area (Å²) >= 11 is 0. The summed E-state index contributed by atoms with van der Waals surface area (Å²) in [6.07, 6.45) is 3.42. The number of amides is 1. The van der Waals surface area contributed by atoms with Crippen molar-refractivity contribution in [2.75, 3.05) is 19.6 Å². The van der Waals surface area contributed by atoms with E-state index < -0.39 is 11.9 Å². The van der Waals surface area contributed by atoms with E-state index in [9.17, 15) is 9.59 Å². The lowest BCUT2D eigenvalue weighted by Gasteiger charge is -2.44. The molecule has 3 saturated heterocycles. The van der Waals surface area contributed by atoms with Crippen LogP contribution in [0.4, 0.5) is 0 Å². The zero-order valence-electron chi connectivity index (χ0n) is 10.4. The molecule has 1 amide bonds. The Bertz CT molecular complexity index is 505. The Hall–Kier alpha value is -1.89. The van der Waals surface area contributed by atoms with Crippen LogP contribution in [0.3, 0.4) is 0 Å². The molecule has 3 fully saturated rings. The minimum absolute atomic E-state index is 0.0380. The first kappa shape index (κ1) is 12.2. The third-order valence-corrected chi connectivity index (χ3v) is 4.04. The van der Waals surface area contributed by atoms with Gasteiger partial charge in [-0.2, -0.15) is 0 Å². The van der Waals surface area contributed by atoms with Crippen molar-refractivity contribution in [3.8, 4) is 0 Å². The zero-order valence-corrected chi connectivity index (χ0v) is 10.4. The van der Waals surface area contributed by atoms with Gasteiger partial charge < -0.3 is 20.3 Å². The molecule has 0 radical (unpaired) electrons. The number of nitrogens with one attached hydrogen (secondary N) is 2. The number of imidazole rings is 1. The highest BCUT2D eigenvalue weighted by Gasteiger charge is 2.35. The van der Waals surface area contributed by atoms with Crippen LogP contribution in [0.25, 0.3) is 0 Å². The van der Waals surface area contributed by atoms with Gasteiger partial charge in [0.05, 0.1) is 6.33 Å². The number of hydrogen-bond donors (Lipinski definition) is 3. The van der Waals surface area contributed by atoms with Crippen LogP contribution in [0.5, 0.6) is 0 Å². The molecule has 0 spiro atoms. The number of carboxylic acids is 1. The molecule has 0 aliphatic carbocycles. The number of piperidine rings is 3. The normalized spacial score (nSPS) is 29.2. The largest absolute Gasteiger partial charge is 0.477 e. The van der Waals surface area contributed by atoms with E-state index in [1.807, 2.05) is 0 Å². The Morgan fingerprint density at radius 1 is 1.42 bits per heavy atom. The third-order valence-electron chi connectivity index (χ3n) is 4.04. The number of H-pyrrole nitrogens is 1. The van der Waals surface area contributed by atoms with Crippen LogP contribution in [0.15, 0.2) is 6.33 Å². The first-order chi connectivity index (χ1) is 9.15. The van der Waals surface area contributed by atoms with E-state index in [-0.39, 0.29) is 17.4 Å². The molecule has 3 aliphatic heterocycles. The molecule has 1 aromatic rings. The number of aromatic amines is 1. The van der Waals surface area contributed by atoms with Gasteiger partial charge in [-0.05, 0) is 31.8 Å². The van der Waals surface area contributed by atoms with Crippen LogP contribution in [-0.2, 0) is 0 Å². The molecule has 102 valence electrons. The fourth-order valence-corrected chi connectivity index (χ4v) is 2.99. The van der Waals surface area contributed by atoms with Gasteiger partial charge in [0, 0.05) is 12.6 Å². The quantitative estimate of drug-likeness (QED) is 0.710. The number of aromatic carboxylic acids is 1. The molecule has 2 bridgehead atoms. The molecule has 19 heavy (non-hydrogen) atoms. The maximum absolute atomic E-state index is 12.1. The topological polar surface area (TPSA) is 98.3 Å². The molecule has 3 aliphatic rings. The lowest BCUT2D eigenvalue weighted by atomic mass is 9.84. The summed E-state index contributed by atoms with van der Waals surface area (Å²) in [5.41, 5.74) is -0.192. The van der Waals surface area contributed by atoms with Crippen molar-refractivity contribution < 1.29 is 14.7 Å². The summed E-state index contributed by atoms with van der Waals surface area (Å²) in [6.45, 7) is 3.04. The van der Waals surface area contributed by atoms with Crippen molar-refractivity contribution in [1.29, 1.82) is 0 Å². The molecule has 0 saturated carbocycles. The molecular weight excluding hydrogens is 248 g/mol. The van der Waals surface area contributed by atoms with E-state index in [0.29, 0.717) is 5.92 Å². The van der Waals surface area contributed by atoms with Crippen molar-refractivity contribution in [2.24, 2.45) is 5.92 Å². The van der Waals surface area contributed by atoms with Gasteiger partial charge in [0.25, 0.3) is 5.91 Å². The minimum atomic E-state index is -1.17. The van der Waals surface area contributed by atoms with Crippen LogP contribution in [0.2, 0.25) is 0 Å². The molecule has 4 heterocycles. The van der Waals surface area contributed by atoms with Gasteiger partial charge >= 0.3 is 5.97 Å². The van der Waals surface area contributed by atoms with Crippen LogP contribution >= 0.6 is 0 Å². The first-order valence-electron chi connectivity index (χ1n) is 6.45. The Kier molecular flexibility index (Phi) is 2.98. The second-order valence-corrected chi connectivity index (χ2v) is 5.15. The van der Waals surface area contributed by atoms with Crippen LogP contribution in [-0.4, -0.2) is 57.5 Å². The van der Waals surface area contributed by atoms with E-state index in [0.717, 1.165) is 32.5 Å². The van der Waals surface area contributed by atoms with E-state index in [4.69, 9.17) is 5.11 Å². The smallest absolute Gasteiger partial charge is 0.354 e. The second-order valence-electron chi connectivity index (χ2n) is 5.15. The van der Waals surface area contributed by atoms with Gasteiger partial charge in [0.15, 0.2) is 11.4 Å². The highest BCUT2D eigenvalue weighted by molar-refractivity contribution is 6.02. The fraction of sp³-hybridized carbons (Fsp3) is 0.583. The molecule has 3 N–H and O–H groups in total. The molecule has 1 aromatic heterocycles. The predicted molar refractivity (Wildman–Crippen MR) is 66.0 cm³/mol. The van der Waals surface area contributed by atoms with E-state index in [1.54, 1.807) is 0 Å². The Morgan fingerprint density at radius 2 is 2.16 bits per heavy atom. The first-order valence-corrected chi connectivity index (χ1v) is 6.45. The Labute approximate surface area is 110 Å². The number of rotatable bonds is 3. The average Bonchev–Trinajstić information content (AvgIpc) is 2.89. The maximum Gasteiger partial charge on any atom is 0.354 e. The third kappa shape index (κ3) is 2.21. The summed E-state index contributed by atoms with van der Waals surface area (Å²) in [4.78, 5) is 31.7. The van der Waals surface area contributed by atoms with Crippen molar-refractivity contribution in [3.05, 3.63) is 17.7 Å². The molecular formula is C12H16N4O3. The summed E-state index contributed by atoms with van der Waals surface area (Å²) in [7, 11) is 0. The van der Waals surface area contributed by atoms with E-state index in [2.05, 4.69) is 20.2 Å². The highest BCUT2D eigenvalue weighted by Crippen LogP contribution is 2.27. The number of fused-ring (bicyclic) bond motifs is 3. The number of carbonyl (C=O) groups excluding carboxylic acids is 1. The molecule has 7 heteroatoms. The van der Waals surface area contributed by atoms with Crippen LogP contribution in [0, 0.1) is 5.92 Å². The molecule has 7 nitrogen and oxygen atoms in total. The standard InChI is InChI=1S/C12H16N4O3/c17-11(9-10(12(18)19)14-6-13-9)15-8-5-16-3-1-7(8)2-4-16/h6-8H,1-5H2,(H,13,14)(H,15,17)(H,18,19). The number of hydrogen-bond acceptors (Lipinski definition) is 4. The summed E-state index contributed by atoms with van der Waals surface area (Å²) in [5.74, 6) is -1.07. The minimum Gasteiger partial charge on any atom is -0.477 e. The zero-order chi connectivity index (χ0) is 13.4. The highest BCUT2D eigenvalue weighted by atomic mass is 16.4. The SMILES string of the molecule is O=C(NC1CN2CCC1CC2)c1nc[nH]c1C(=O)O. The number of nitrogens with zero attached hydrogens (tertiary/aromatic N) is 2. The summed E-state index contributed by atoms with van der Waals surface area (Å²) in [5, 5.41) is 11.9. The maximum atomic E-state index is 12.1. The molecule has 4 rings (SSSR count). The number of carbonyl (C=O) groups is 2. The number of aromatic nitrogens is 2. The van der Waals surface area contributed by atoms with Crippen molar-refractivity contribution >= 4 is 11.9 Å². The molecule has 1 unspecified atom stereocenters. The fourth-order valence-electron chi connectivity index (χ4n) is 2.99. The summed E-state index contributed by atoms with van der Waals surface area (Å²) in [6, 6.07) is 0.105. The molecule has 0 aromatic carbocycles. The van der Waals surface area contributed by atoms with Gasteiger partial charge in [0.2, 0.25) is 0 Å². The molecule has 1 atom stereocenters. The lowest BCUT2D eigenvalue weighted by molar-refractivity contribution is 0.0607. The summed E-state index contributed by atoms with van der Waals surface area (Å²) < 4.78 is 0. The average molecular weight is 264 g/mol. The van der Waals surface area contributed by atoms with Crippen molar-refractivity contribution in [3.63, 3.8) is 0 Å². The van der Waals surface area contributed by atoms with E-state index in [1.165, 1.54) is 6.33 Å². The monoisotopic (exact) mass is 264 g/mol.